The zero-order valence-corrected chi connectivity index (χ0v) is 13.6. The molecule has 19 heavy (non-hydrogen) atoms. The highest BCUT2D eigenvalue weighted by Gasteiger charge is 2.30. The van der Waals surface area contributed by atoms with Crippen LogP contribution in [0.2, 0.25) is 0 Å². The summed E-state index contributed by atoms with van der Waals surface area (Å²) < 4.78 is 6.57. The number of hydrogen-bond acceptors (Lipinski definition) is 4. The van der Waals surface area contributed by atoms with E-state index >= 15 is 0 Å². The number of nitrogens with one attached hydrogen (secondary N) is 1. The molecule has 0 radical (unpaired) electrons. The molecule has 0 aliphatic carbocycles. The summed E-state index contributed by atoms with van der Waals surface area (Å²) in [6, 6.07) is 2.01. The molecule has 1 saturated heterocycles. The molecular weight excluding hydrogens is 328 g/mol. The number of nitrogens with zero attached hydrogens (tertiary/aromatic N) is 1. The van der Waals surface area contributed by atoms with Crippen molar-refractivity contribution in [2.75, 3.05) is 19.8 Å². The van der Waals surface area contributed by atoms with Gasteiger partial charge in [0.2, 0.25) is 5.91 Å². The van der Waals surface area contributed by atoms with Crippen molar-refractivity contribution in [1.82, 2.24) is 10.2 Å². The normalized spacial score (nSPS) is 20.7. The number of morpholine rings is 1. The van der Waals surface area contributed by atoms with E-state index < -0.39 is 0 Å². The van der Waals surface area contributed by atoms with Crippen LogP contribution in [0, 0.1) is 0 Å². The molecule has 1 aromatic rings. The Morgan fingerprint density at radius 3 is 3.11 bits per heavy atom. The number of carbonyl (C=O) groups is 1. The molecule has 1 fully saturated rings. The van der Waals surface area contributed by atoms with Crippen LogP contribution in [0.15, 0.2) is 15.9 Å². The minimum atomic E-state index is -0.190. The van der Waals surface area contributed by atoms with Crippen LogP contribution in [0.25, 0.3) is 0 Å². The number of amides is 1. The quantitative estimate of drug-likeness (QED) is 0.908. The van der Waals surface area contributed by atoms with Crippen molar-refractivity contribution in [2.24, 2.45) is 0 Å². The molecule has 1 aromatic heterocycles. The first-order valence-corrected chi connectivity index (χ1v) is 8.09. The van der Waals surface area contributed by atoms with Gasteiger partial charge < -0.3 is 10.1 Å². The summed E-state index contributed by atoms with van der Waals surface area (Å²) in [6.07, 6.45) is 0. The van der Waals surface area contributed by atoms with Gasteiger partial charge in [0.05, 0.1) is 13.2 Å². The maximum atomic E-state index is 12.2. The fourth-order valence-electron chi connectivity index (χ4n) is 2.07. The predicted octanol–water partition coefficient (Wildman–Crippen LogP) is 2.24. The molecule has 1 unspecified atom stereocenters. The summed E-state index contributed by atoms with van der Waals surface area (Å²) in [5, 5.41) is 5.03. The maximum Gasteiger partial charge on any atom is 0.239 e. The van der Waals surface area contributed by atoms with Crippen LogP contribution >= 0.6 is 27.3 Å². The third-order valence-corrected chi connectivity index (χ3v) is 4.92. The SMILES string of the molecule is CC(C)NC(=O)C1COCCN1Cc1sccc1Br. The van der Waals surface area contributed by atoms with Crippen LogP contribution in [0.4, 0.5) is 0 Å². The van der Waals surface area contributed by atoms with Gasteiger partial charge in [0.25, 0.3) is 0 Å². The predicted molar refractivity (Wildman–Crippen MR) is 80.3 cm³/mol. The summed E-state index contributed by atoms with van der Waals surface area (Å²) in [5.74, 6) is 0.0578. The van der Waals surface area contributed by atoms with Crippen LogP contribution in [-0.2, 0) is 16.1 Å². The number of carbonyl (C=O) groups excluding carboxylic acids is 1. The first kappa shape index (κ1) is 15.0. The highest BCUT2D eigenvalue weighted by atomic mass is 79.9. The van der Waals surface area contributed by atoms with E-state index in [1.54, 1.807) is 11.3 Å². The molecule has 0 spiro atoms. The Kier molecular flexibility index (Phi) is 5.38. The lowest BCUT2D eigenvalue weighted by Crippen LogP contribution is -2.54. The molecule has 4 nitrogen and oxygen atoms in total. The summed E-state index contributed by atoms with van der Waals surface area (Å²) >= 11 is 5.25. The molecule has 1 aliphatic rings. The molecule has 2 heterocycles. The van der Waals surface area contributed by atoms with Crippen molar-refractivity contribution in [3.8, 4) is 0 Å². The Bertz CT molecular complexity index is 436. The Morgan fingerprint density at radius 1 is 1.68 bits per heavy atom. The fraction of sp³-hybridized carbons (Fsp3) is 0.615. The first-order valence-electron chi connectivity index (χ1n) is 6.42. The third-order valence-electron chi connectivity index (χ3n) is 3.01. The summed E-state index contributed by atoms with van der Waals surface area (Å²) in [5.41, 5.74) is 0. The average Bonchev–Trinajstić information content (AvgIpc) is 2.75. The van der Waals surface area contributed by atoms with Gasteiger partial charge in [0, 0.05) is 28.5 Å². The van der Waals surface area contributed by atoms with Gasteiger partial charge in [-0.1, -0.05) is 0 Å². The number of hydrogen-bond donors (Lipinski definition) is 1. The second kappa shape index (κ2) is 6.83. The van der Waals surface area contributed by atoms with Gasteiger partial charge >= 0.3 is 0 Å². The second-order valence-electron chi connectivity index (χ2n) is 4.92. The molecule has 0 saturated carbocycles. The zero-order chi connectivity index (χ0) is 13.8. The van der Waals surface area contributed by atoms with Crippen molar-refractivity contribution >= 4 is 33.2 Å². The molecule has 1 N–H and O–H groups in total. The molecular formula is C13H19BrN2O2S. The highest BCUT2D eigenvalue weighted by molar-refractivity contribution is 9.10. The maximum absolute atomic E-state index is 12.2. The van der Waals surface area contributed by atoms with E-state index in [-0.39, 0.29) is 18.0 Å². The van der Waals surface area contributed by atoms with Crippen LogP contribution in [0.1, 0.15) is 18.7 Å². The minimum absolute atomic E-state index is 0.0578. The number of thiophene rings is 1. The van der Waals surface area contributed by atoms with E-state index in [0.717, 1.165) is 17.6 Å². The van der Waals surface area contributed by atoms with Crippen molar-refractivity contribution in [1.29, 1.82) is 0 Å². The number of ether oxygens (including phenoxy) is 1. The van der Waals surface area contributed by atoms with Gasteiger partial charge in [0.15, 0.2) is 0 Å². The Hall–Kier alpha value is -0.430. The summed E-state index contributed by atoms with van der Waals surface area (Å²) in [4.78, 5) is 15.6. The van der Waals surface area contributed by atoms with Crippen molar-refractivity contribution in [3.05, 3.63) is 20.8 Å². The molecule has 1 aliphatic heterocycles. The third kappa shape index (κ3) is 4.02. The van der Waals surface area contributed by atoms with Crippen LogP contribution in [0.5, 0.6) is 0 Å². The first-order chi connectivity index (χ1) is 9.08. The zero-order valence-electron chi connectivity index (χ0n) is 11.2. The summed E-state index contributed by atoms with van der Waals surface area (Å²) in [6.45, 7) is 6.69. The van der Waals surface area contributed by atoms with Crippen LogP contribution < -0.4 is 5.32 Å². The largest absolute Gasteiger partial charge is 0.378 e. The lowest BCUT2D eigenvalue weighted by molar-refractivity contribution is -0.133. The van der Waals surface area contributed by atoms with E-state index in [0.29, 0.717) is 13.2 Å². The van der Waals surface area contributed by atoms with Gasteiger partial charge in [-0.25, -0.2) is 0 Å². The summed E-state index contributed by atoms with van der Waals surface area (Å²) in [7, 11) is 0. The molecule has 0 bridgehead atoms. The lowest BCUT2D eigenvalue weighted by atomic mass is 10.2. The van der Waals surface area contributed by atoms with Gasteiger partial charge in [-0.3, -0.25) is 9.69 Å². The minimum Gasteiger partial charge on any atom is -0.378 e. The Labute approximate surface area is 126 Å². The van der Waals surface area contributed by atoms with Crippen LogP contribution in [0.3, 0.4) is 0 Å². The smallest absolute Gasteiger partial charge is 0.239 e. The van der Waals surface area contributed by atoms with Crippen molar-refractivity contribution < 1.29 is 9.53 Å². The van der Waals surface area contributed by atoms with E-state index in [4.69, 9.17) is 4.74 Å². The van der Waals surface area contributed by atoms with E-state index in [1.807, 2.05) is 19.9 Å². The lowest BCUT2D eigenvalue weighted by Gasteiger charge is -2.34. The molecule has 0 aromatic carbocycles. The van der Waals surface area contributed by atoms with Crippen molar-refractivity contribution in [2.45, 2.75) is 32.5 Å². The monoisotopic (exact) mass is 346 g/mol. The Morgan fingerprint density at radius 2 is 2.47 bits per heavy atom. The molecule has 6 heteroatoms. The van der Waals surface area contributed by atoms with E-state index in [9.17, 15) is 4.79 Å². The highest BCUT2D eigenvalue weighted by Crippen LogP contribution is 2.25. The Balaban J connectivity index is 2.03. The van der Waals surface area contributed by atoms with Crippen molar-refractivity contribution in [3.63, 3.8) is 0 Å². The second-order valence-corrected chi connectivity index (χ2v) is 6.77. The number of halogens is 1. The van der Waals surface area contributed by atoms with Gasteiger partial charge in [0.1, 0.15) is 6.04 Å². The van der Waals surface area contributed by atoms with Gasteiger partial charge in [-0.15, -0.1) is 11.3 Å². The van der Waals surface area contributed by atoms with Crippen LogP contribution in [-0.4, -0.2) is 42.6 Å². The molecule has 2 rings (SSSR count). The fourth-order valence-corrected chi connectivity index (χ4v) is 3.57. The molecule has 1 atom stereocenters. The average molecular weight is 347 g/mol. The number of rotatable bonds is 4. The van der Waals surface area contributed by atoms with Gasteiger partial charge in [-0.2, -0.15) is 0 Å². The topological polar surface area (TPSA) is 41.6 Å². The molecule has 106 valence electrons. The van der Waals surface area contributed by atoms with Gasteiger partial charge in [-0.05, 0) is 41.2 Å². The van der Waals surface area contributed by atoms with E-state index in [2.05, 4.69) is 31.5 Å². The standard InChI is InChI=1S/C13H19BrN2O2S/c1-9(2)15-13(17)11-8-18-5-4-16(11)7-12-10(14)3-6-19-12/h3,6,9,11H,4-5,7-8H2,1-2H3,(H,15,17). The van der Waals surface area contributed by atoms with E-state index in [1.165, 1.54) is 4.88 Å². The molecule has 1 amide bonds.